The molecule has 11 nitrogen and oxygen atoms in total. The predicted molar refractivity (Wildman–Crippen MR) is 100 cm³/mol. The van der Waals surface area contributed by atoms with E-state index in [1.165, 1.54) is 0 Å². The van der Waals surface area contributed by atoms with Crippen molar-refractivity contribution >= 4 is 17.3 Å². The first kappa shape index (κ1) is 19.0. The Morgan fingerprint density at radius 3 is 2.38 bits per heavy atom. The van der Waals surface area contributed by atoms with Crippen LogP contribution in [0.4, 0.5) is 11.4 Å². The van der Waals surface area contributed by atoms with Gasteiger partial charge in [0.1, 0.15) is 5.82 Å². The monoisotopic (exact) mass is 400 g/mol. The van der Waals surface area contributed by atoms with Crippen molar-refractivity contribution in [1.29, 1.82) is 0 Å². The number of rotatable bonds is 4. The third-order valence-electron chi connectivity index (χ3n) is 5.52. The summed E-state index contributed by atoms with van der Waals surface area (Å²) in [5, 5.41) is 30.9. The fraction of sp³-hybridized carbons (Fsp3) is 0.500. The molecular weight excluding hydrogens is 380 g/mol. The van der Waals surface area contributed by atoms with Gasteiger partial charge in [0.05, 0.1) is 27.5 Å². The molecule has 0 spiro atoms. The number of nitro benzene ring substituents is 2. The van der Waals surface area contributed by atoms with Crippen LogP contribution in [0, 0.1) is 20.2 Å². The van der Waals surface area contributed by atoms with Gasteiger partial charge in [-0.25, -0.2) is 0 Å². The van der Waals surface area contributed by atoms with Crippen LogP contribution in [0.1, 0.15) is 60.2 Å². The zero-order valence-corrected chi connectivity index (χ0v) is 15.7. The van der Waals surface area contributed by atoms with E-state index >= 15 is 0 Å². The molecule has 2 aliphatic rings. The number of hydrogen-bond donors (Lipinski definition) is 0. The van der Waals surface area contributed by atoms with E-state index in [0.29, 0.717) is 13.0 Å². The third-order valence-corrected chi connectivity index (χ3v) is 5.52. The Labute approximate surface area is 165 Å². The molecule has 0 bridgehead atoms. The number of hydrogen-bond acceptors (Lipinski definition) is 7. The van der Waals surface area contributed by atoms with Crippen LogP contribution in [0.3, 0.4) is 0 Å². The summed E-state index contributed by atoms with van der Waals surface area (Å²) in [6.45, 7) is 1.26. The van der Waals surface area contributed by atoms with E-state index in [2.05, 4.69) is 14.8 Å². The topological polar surface area (TPSA) is 137 Å². The summed E-state index contributed by atoms with van der Waals surface area (Å²) in [5.41, 5.74) is -1.02. The minimum atomic E-state index is -0.732. The van der Waals surface area contributed by atoms with Crippen molar-refractivity contribution in [3.8, 4) is 0 Å². The lowest BCUT2D eigenvalue weighted by Gasteiger charge is -2.24. The maximum Gasteiger partial charge on any atom is 0.277 e. The summed E-state index contributed by atoms with van der Waals surface area (Å²) in [7, 11) is 0. The molecule has 0 aliphatic carbocycles. The van der Waals surface area contributed by atoms with Crippen molar-refractivity contribution in [2.45, 2.75) is 51.1 Å². The summed E-state index contributed by atoms with van der Waals surface area (Å²) in [6, 6.07) is 2.75. The molecule has 1 aromatic heterocycles. The second-order valence-corrected chi connectivity index (χ2v) is 7.35. The maximum absolute atomic E-state index is 13.2. The zero-order chi connectivity index (χ0) is 20.5. The van der Waals surface area contributed by atoms with E-state index in [0.717, 1.165) is 68.5 Å². The highest BCUT2D eigenvalue weighted by Gasteiger charge is 2.36. The second kappa shape index (κ2) is 7.57. The quantitative estimate of drug-likeness (QED) is 0.568. The molecule has 1 amide bonds. The number of aromatic nitrogens is 3. The van der Waals surface area contributed by atoms with Gasteiger partial charge < -0.3 is 9.47 Å². The standard InChI is InChI=1S/C18H20N6O5/c25-18(12-9-13(23(26)27)11-14(10-12)24(28)29)21-8-4-5-15(21)17-20-19-16-6-2-1-3-7-22(16)17/h9-11,15H,1-8H2. The molecule has 29 heavy (non-hydrogen) atoms. The lowest BCUT2D eigenvalue weighted by atomic mass is 10.1. The fourth-order valence-corrected chi connectivity index (χ4v) is 4.13. The first-order valence-electron chi connectivity index (χ1n) is 9.62. The minimum absolute atomic E-state index is 0.0617. The second-order valence-electron chi connectivity index (χ2n) is 7.35. The molecule has 152 valence electrons. The van der Waals surface area contributed by atoms with Gasteiger partial charge in [0.15, 0.2) is 5.82 Å². The summed E-state index contributed by atoms with van der Waals surface area (Å²) in [4.78, 5) is 35.6. The highest BCUT2D eigenvalue weighted by atomic mass is 16.6. The van der Waals surface area contributed by atoms with Gasteiger partial charge in [-0.3, -0.25) is 25.0 Å². The van der Waals surface area contributed by atoms with Crippen LogP contribution in [-0.2, 0) is 13.0 Å². The molecule has 0 radical (unpaired) electrons. The first-order valence-corrected chi connectivity index (χ1v) is 9.62. The number of non-ortho nitro benzene ring substituents is 2. The van der Waals surface area contributed by atoms with Crippen molar-refractivity contribution in [3.63, 3.8) is 0 Å². The average molecular weight is 400 g/mol. The number of fused-ring (bicyclic) bond motifs is 1. The van der Waals surface area contributed by atoms with E-state index in [-0.39, 0.29) is 11.6 Å². The van der Waals surface area contributed by atoms with Gasteiger partial charge in [0.2, 0.25) is 0 Å². The number of aryl methyl sites for hydroxylation is 1. The molecule has 1 fully saturated rings. The molecule has 11 heteroatoms. The van der Waals surface area contributed by atoms with Crippen LogP contribution in [0.25, 0.3) is 0 Å². The molecule has 2 aliphatic heterocycles. The molecule has 1 aromatic carbocycles. The Morgan fingerprint density at radius 1 is 0.966 bits per heavy atom. The summed E-state index contributed by atoms with van der Waals surface area (Å²) < 4.78 is 2.08. The van der Waals surface area contributed by atoms with Crippen molar-refractivity contribution in [1.82, 2.24) is 19.7 Å². The molecule has 3 heterocycles. The Morgan fingerprint density at radius 2 is 1.69 bits per heavy atom. The summed E-state index contributed by atoms with van der Waals surface area (Å²) in [5.74, 6) is 1.18. The van der Waals surface area contributed by atoms with Crippen LogP contribution in [0.15, 0.2) is 18.2 Å². The Kier molecular flexibility index (Phi) is 4.95. The number of nitrogens with zero attached hydrogens (tertiary/aromatic N) is 6. The number of nitro groups is 2. The molecule has 1 atom stereocenters. The number of carbonyl (C=O) groups excluding carboxylic acids is 1. The third kappa shape index (κ3) is 3.55. The van der Waals surface area contributed by atoms with E-state index in [1.807, 2.05) is 0 Å². The number of benzene rings is 1. The molecule has 4 rings (SSSR count). The van der Waals surface area contributed by atoms with Crippen molar-refractivity contribution in [2.75, 3.05) is 6.54 Å². The van der Waals surface area contributed by atoms with Gasteiger partial charge in [0, 0.05) is 31.6 Å². The lowest BCUT2D eigenvalue weighted by Crippen LogP contribution is -2.32. The van der Waals surface area contributed by atoms with Crippen LogP contribution < -0.4 is 0 Å². The van der Waals surface area contributed by atoms with Crippen molar-refractivity contribution in [2.24, 2.45) is 0 Å². The van der Waals surface area contributed by atoms with Crippen LogP contribution in [0.2, 0.25) is 0 Å². The molecule has 2 aromatic rings. The van der Waals surface area contributed by atoms with E-state index in [9.17, 15) is 25.0 Å². The molecule has 0 saturated carbocycles. The average Bonchev–Trinajstić information content (AvgIpc) is 3.27. The van der Waals surface area contributed by atoms with Crippen molar-refractivity contribution in [3.05, 3.63) is 55.6 Å². The largest absolute Gasteiger partial charge is 0.328 e. The van der Waals surface area contributed by atoms with Crippen LogP contribution >= 0.6 is 0 Å². The summed E-state index contributed by atoms with van der Waals surface area (Å²) in [6.07, 6.45) is 5.52. The van der Waals surface area contributed by atoms with E-state index in [1.54, 1.807) is 4.90 Å². The highest BCUT2D eigenvalue weighted by Crippen LogP contribution is 2.34. The number of carbonyl (C=O) groups is 1. The molecule has 1 saturated heterocycles. The Hall–Kier alpha value is -3.37. The number of amides is 1. The summed E-state index contributed by atoms with van der Waals surface area (Å²) >= 11 is 0. The van der Waals surface area contributed by atoms with Gasteiger partial charge in [-0.2, -0.15) is 0 Å². The smallest absolute Gasteiger partial charge is 0.277 e. The SMILES string of the molecule is O=C(c1cc([N+](=O)[O-])cc([N+](=O)[O-])c1)N1CCCC1c1nnc2n1CCCCC2. The van der Waals surface area contributed by atoms with Crippen LogP contribution in [-0.4, -0.2) is 42.0 Å². The Bertz CT molecular complexity index is 955. The van der Waals surface area contributed by atoms with Crippen LogP contribution in [0.5, 0.6) is 0 Å². The van der Waals surface area contributed by atoms with E-state index in [4.69, 9.17) is 0 Å². The number of likely N-dealkylation sites (tertiary alicyclic amines) is 1. The maximum atomic E-state index is 13.2. The van der Waals surface area contributed by atoms with Crippen molar-refractivity contribution < 1.29 is 14.6 Å². The zero-order valence-electron chi connectivity index (χ0n) is 15.7. The van der Waals surface area contributed by atoms with Gasteiger partial charge in [-0.1, -0.05) is 6.42 Å². The van der Waals surface area contributed by atoms with Gasteiger partial charge in [0.25, 0.3) is 17.3 Å². The molecule has 0 N–H and O–H groups in total. The van der Waals surface area contributed by atoms with E-state index < -0.39 is 27.1 Å². The predicted octanol–water partition coefficient (Wildman–Crippen LogP) is 2.80. The van der Waals surface area contributed by atoms with Gasteiger partial charge >= 0.3 is 0 Å². The fourth-order valence-electron chi connectivity index (χ4n) is 4.13. The van der Waals surface area contributed by atoms with Gasteiger partial charge in [-0.15, -0.1) is 10.2 Å². The lowest BCUT2D eigenvalue weighted by molar-refractivity contribution is -0.394. The molecular formula is C18H20N6O5. The first-order chi connectivity index (χ1) is 14.0. The molecule has 1 unspecified atom stereocenters. The Balaban J connectivity index is 1.68. The minimum Gasteiger partial charge on any atom is -0.328 e. The highest BCUT2D eigenvalue weighted by molar-refractivity contribution is 5.96. The van der Waals surface area contributed by atoms with Gasteiger partial charge in [-0.05, 0) is 25.7 Å². The normalized spacial score (nSPS) is 18.9.